The number of nitrogens with one attached hydrogen (secondary N) is 1. The Kier molecular flexibility index (Phi) is 2.33. The summed E-state index contributed by atoms with van der Waals surface area (Å²) in [6.07, 6.45) is 0. The fourth-order valence-electron chi connectivity index (χ4n) is 0.905. The SMILES string of the molecule is CNCc1nc(-c2cscn2)no1. The van der Waals surface area contributed by atoms with Gasteiger partial charge in [0.05, 0.1) is 12.1 Å². The molecule has 0 bridgehead atoms. The predicted octanol–water partition coefficient (Wildman–Crippen LogP) is 0.912. The zero-order valence-electron chi connectivity index (χ0n) is 7.02. The van der Waals surface area contributed by atoms with E-state index in [0.29, 0.717) is 18.3 Å². The molecule has 1 N–H and O–H groups in total. The zero-order chi connectivity index (χ0) is 9.10. The Morgan fingerprint density at radius 1 is 1.62 bits per heavy atom. The first-order valence-corrected chi connectivity index (χ1v) is 4.70. The van der Waals surface area contributed by atoms with Crippen molar-refractivity contribution in [2.45, 2.75) is 6.54 Å². The van der Waals surface area contributed by atoms with Crippen LogP contribution in [0.25, 0.3) is 11.5 Å². The lowest BCUT2D eigenvalue weighted by Gasteiger charge is -1.86. The third-order valence-electron chi connectivity index (χ3n) is 1.46. The molecule has 2 aromatic heterocycles. The molecule has 2 rings (SSSR count). The van der Waals surface area contributed by atoms with Gasteiger partial charge >= 0.3 is 0 Å². The zero-order valence-corrected chi connectivity index (χ0v) is 7.84. The van der Waals surface area contributed by atoms with Crippen LogP contribution in [0.2, 0.25) is 0 Å². The smallest absolute Gasteiger partial charge is 0.240 e. The van der Waals surface area contributed by atoms with Crippen LogP contribution in [0.5, 0.6) is 0 Å². The van der Waals surface area contributed by atoms with Gasteiger partial charge in [0.2, 0.25) is 11.7 Å². The summed E-state index contributed by atoms with van der Waals surface area (Å²) >= 11 is 1.51. The number of hydrogen-bond acceptors (Lipinski definition) is 6. The van der Waals surface area contributed by atoms with Gasteiger partial charge in [-0.05, 0) is 7.05 Å². The molecule has 0 spiro atoms. The Hall–Kier alpha value is -1.27. The lowest BCUT2D eigenvalue weighted by molar-refractivity contribution is 0.372. The molecule has 0 aliphatic heterocycles. The molecular weight excluding hydrogens is 188 g/mol. The van der Waals surface area contributed by atoms with E-state index in [0.717, 1.165) is 5.69 Å². The molecule has 0 unspecified atom stereocenters. The topological polar surface area (TPSA) is 63.8 Å². The molecule has 5 nitrogen and oxygen atoms in total. The van der Waals surface area contributed by atoms with E-state index in [1.165, 1.54) is 11.3 Å². The highest BCUT2D eigenvalue weighted by molar-refractivity contribution is 7.07. The van der Waals surface area contributed by atoms with E-state index in [9.17, 15) is 0 Å². The summed E-state index contributed by atoms with van der Waals surface area (Å²) in [5.74, 6) is 1.12. The van der Waals surface area contributed by atoms with E-state index >= 15 is 0 Å². The lowest BCUT2D eigenvalue weighted by Crippen LogP contribution is -2.04. The van der Waals surface area contributed by atoms with E-state index in [1.807, 2.05) is 12.4 Å². The molecule has 0 aliphatic carbocycles. The predicted molar refractivity (Wildman–Crippen MR) is 48.2 cm³/mol. The molecule has 0 atom stereocenters. The van der Waals surface area contributed by atoms with Crippen LogP contribution in [0.15, 0.2) is 15.4 Å². The quantitative estimate of drug-likeness (QED) is 0.790. The standard InChI is InChI=1S/C7H8N4OS/c1-8-2-6-10-7(11-12-6)5-3-13-4-9-5/h3-4,8H,2H2,1H3. The first-order chi connectivity index (χ1) is 6.40. The van der Waals surface area contributed by atoms with Crippen molar-refractivity contribution in [3.05, 3.63) is 16.8 Å². The molecule has 0 fully saturated rings. The number of thiazole rings is 1. The van der Waals surface area contributed by atoms with E-state index in [1.54, 1.807) is 5.51 Å². The molecule has 2 aromatic rings. The summed E-state index contributed by atoms with van der Waals surface area (Å²) in [7, 11) is 1.83. The normalized spacial score (nSPS) is 10.5. The third-order valence-corrected chi connectivity index (χ3v) is 2.04. The molecular formula is C7H8N4OS. The lowest BCUT2D eigenvalue weighted by atomic mass is 10.5. The summed E-state index contributed by atoms with van der Waals surface area (Å²) in [5, 5.41) is 8.61. The van der Waals surface area contributed by atoms with Crippen molar-refractivity contribution in [1.29, 1.82) is 0 Å². The molecule has 0 radical (unpaired) electrons. The molecule has 0 aromatic carbocycles. The van der Waals surface area contributed by atoms with E-state index in [4.69, 9.17) is 4.52 Å². The largest absolute Gasteiger partial charge is 0.337 e. The Morgan fingerprint density at radius 3 is 3.23 bits per heavy atom. The molecule has 0 saturated carbocycles. The van der Waals surface area contributed by atoms with Crippen LogP contribution in [-0.2, 0) is 6.54 Å². The minimum Gasteiger partial charge on any atom is -0.337 e. The third kappa shape index (κ3) is 1.73. The van der Waals surface area contributed by atoms with Gasteiger partial charge in [0.15, 0.2) is 0 Å². The first kappa shape index (κ1) is 8.33. The second-order valence-electron chi connectivity index (χ2n) is 2.42. The average molecular weight is 196 g/mol. The van der Waals surface area contributed by atoms with E-state index in [2.05, 4.69) is 20.4 Å². The first-order valence-electron chi connectivity index (χ1n) is 3.76. The summed E-state index contributed by atoms with van der Waals surface area (Å²) in [5.41, 5.74) is 2.50. The van der Waals surface area contributed by atoms with Crippen LogP contribution in [0.3, 0.4) is 0 Å². The molecule has 0 aliphatic rings. The number of rotatable bonds is 3. The number of nitrogens with zero attached hydrogens (tertiary/aromatic N) is 3. The van der Waals surface area contributed by atoms with Gasteiger partial charge in [-0.2, -0.15) is 4.98 Å². The molecule has 68 valence electrons. The maximum Gasteiger partial charge on any atom is 0.240 e. The van der Waals surface area contributed by atoms with Gasteiger partial charge in [-0.15, -0.1) is 11.3 Å². The molecule has 0 amide bonds. The van der Waals surface area contributed by atoms with Crippen molar-refractivity contribution in [3.63, 3.8) is 0 Å². The summed E-state index contributed by atoms with van der Waals surface area (Å²) in [4.78, 5) is 8.22. The summed E-state index contributed by atoms with van der Waals surface area (Å²) in [6.45, 7) is 0.580. The van der Waals surface area contributed by atoms with Crippen molar-refractivity contribution in [2.24, 2.45) is 0 Å². The number of hydrogen-bond donors (Lipinski definition) is 1. The molecule has 6 heteroatoms. The van der Waals surface area contributed by atoms with Gasteiger partial charge in [-0.3, -0.25) is 0 Å². The van der Waals surface area contributed by atoms with Crippen LogP contribution in [0, 0.1) is 0 Å². The molecule has 2 heterocycles. The number of aromatic nitrogens is 3. The second-order valence-corrected chi connectivity index (χ2v) is 3.13. The molecule has 0 saturated heterocycles. The van der Waals surface area contributed by atoms with Crippen molar-refractivity contribution in [3.8, 4) is 11.5 Å². The maximum atomic E-state index is 4.97. The van der Waals surface area contributed by atoms with Gasteiger partial charge in [0.1, 0.15) is 5.69 Å². The Bertz CT molecular complexity index is 370. The highest BCUT2D eigenvalue weighted by Crippen LogP contribution is 2.14. The molecule has 13 heavy (non-hydrogen) atoms. The minimum atomic E-state index is 0.548. The van der Waals surface area contributed by atoms with Gasteiger partial charge in [0.25, 0.3) is 0 Å². The highest BCUT2D eigenvalue weighted by atomic mass is 32.1. The van der Waals surface area contributed by atoms with Crippen molar-refractivity contribution in [2.75, 3.05) is 7.05 Å². The van der Waals surface area contributed by atoms with Crippen molar-refractivity contribution >= 4 is 11.3 Å². The maximum absolute atomic E-state index is 4.97. The van der Waals surface area contributed by atoms with Crippen LogP contribution in [0.4, 0.5) is 0 Å². The Labute approximate surface area is 78.8 Å². The van der Waals surface area contributed by atoms with E-state index < -0.39 is 0 Å². The van der Waals surface area contributed by atoms with Crippen LogP contribution in [-0.4, -0.2) is 22.2 Å². The van der Waals surface area contributed by atoms with Gasteiger partial charge in [-0.1, -0.05) is 5.16 Å². The minimum absolute atomic E-state index is 0.548. The fraction of sp³-hybridized carbons (Fsp3) is 0.286. The van der Waals surface area contributed by atoms with Gasteiger partial charge < -0.3 is 9.84 Å². The second kappa shape index (κ2) is 3.63. The van der Waals surface area contributed by atoms with Crippen molar-refractivity contribution < 1.29 is 4.52 Å². The summed E-state index contributed by atoms with van der Waals surface area (Å²) < 4.78 is 4.97. The monoisotopic (exact) mass is 196 g/mol. The summed E-state index contributed by atoms with van der Waals surface area (Å²) in [6, 6.07) is 0. The highest BCUT2D eigenvalue weighted by Gasteiger charge is 2.08. The fourth-order valence-corrected chi connectivity index (χ4v) is 1.44. The van der Waals surface area contributed by atoms with Crippen LogP contribution < -0.4 is 5.32 Å². The van der Waals surface area contributed by atoms with E-state index in [-0.39, 0.29) is 0 Å². The average Bonchev–Trinajstić information content (AvgIpc) is 2.70. The van der Waals surface area contributed by atoms with Gasteiger partial charge in [-0.25, -0.2) is 4.98 Å². The van der Waals surface area contributed by atoms with Crippen molar-refractivity contribution in [1.82, 2.24) is 20.4 Å². The van der Waals surface area contributed by atoms with Crippen LogP contribution in [0.1, 0.15) is 5.89 Å². The Balaban J connectivity index is 2.23. The van der Waals surface area contributed by atoms with Crippen LogP contribution >= 0.6 is 11.3 Å². The van der Waals surface area contributed by atoms with Gasteiger partial charge in [0, 0.05) is 5.38 Å². The Morgan fingerprint density at radius 2 is 2.54 bits per heavy atom.